The number of hydrogen-bond donors (Lipinski definition) is 1. The first-order chi connectivity index (χ1) is 14.5. The molecule has 30 heavy (non-hydrogen) atoms. The topological polar surface area (TPSA) is 80.0 Å². The van der Waals surface area contributed by atoms with Crippen LogP contribution in [-0.2, 0) is 11.3 Å². The van der Waals surface area contributed by atoms with Gasteiger partial charge in [-0.2, -0.15) is 0 Å². The second kappa shape index (κ2) is 10.4. The van der Waals surface area contributed by atoms with Gasteiger partial charge >= 0.3 is 0 Å². The molecule has 0 spiro atoms. The summed E-state index contributed by atoms with van der Waals surface area (Å²) in [5.74, 6) is 1.98. The van der Waals surface area contributed by atoms with Gasteiger partial charge in [0.25, 0.3) is 0 Å². The normalized spacial score (nSPS) is 15.4. The Morgan fingerprint density at radius 2 is 1.80 bits per heavy atom. The largest absolute Gasteiger partial charge is 0.494 e. The number of fused-ring (bicyclic) bond motifs is 1. The molecule has 1 aliphatic heterocycles. The smallest absolute Gasteiger partial charge is 0.191 e. The van der Waals surface area contributed by atoms with Crippen LogP contribution in [-0.4, -0.2) is 37.2 Å². The SMILES string of the molecule is COc1cc2c(cc1OCCCCCOc1ccc(C(N)=S)cc1)C(=O)C(C)OC2. The van der Waals surface area contributed by atoms with Crippen LogP contribution in [0.3, 0.4) is 0 Å². The number of carbonyl (C=O) groups excluding carboxylic acids is 1. The maximum absolute atomic E-state index is 12.3. The van der Waals surface area contributed by atoms with Gasteiger partial charge in [-0.05, 0) is 68.1 Å². The van der Waals surface area contributed by atoms with Gasteiger partial charge in [-0.3, -0.25) is 4.79 Å². The second-order valence-corrected chi connectivity index (χ2v) is 7.56. The van der Waals surface area contributed by atoms with E-state index in [-0.39, 0.29) is 5.78 Å². The molecule has 1 unspecified atom stereocenters. The molecule has 2 aromatic carbocycles. The lowest BCUT2D eigenvalue weighted by Gasteiger charge is -2.23. The van der Waals surface area contributed by atoms with Crippen molar-refractivity contribution in [3.05, 3.63) is 53.1 Å². The van der Waals surface area contributed by atoms with Crippen LogP contribution in [0.25, 0.3) is 0 Å². The van der Waals surface area contributed by atoms with Crippen LogP contribution in [0.5, 0.6) is 17.2 Å². The fraction of sp³-hybridized carbons (Fsp3) is 0.391. The maximum Gasteiger partial charge on any atom is 0.191 e. The molecule has 7 heteroatoms. The first-order valence-corrected chi connectivity index (χ1v) is 10.4. The minimum absolute atomic E-state index is 0.0257. The molecule has 0 aromatic heterocycles. The summed E-state index contributed by atoms with van der Waals surface area (Å²) >= 11 is 4.94. The van der Waals surface area contributed by atoms with Crippen molar-refractivity contribution in [3.8, 4) is 17.2 Å². The summed E-state index contributed by atoms with van der Waals surface area (Å²) in [6, 6.07) is 11.0. The molecule has 2 N–H and O–H groups in total. The number of carbonyl (C=O) groups is 1. The van der Waals surface area contributed by atoms with E-state index in [9.17, 15) is 4.79 Å². The molecule has 0 saturated heterocycles. The predicted octanol–water partition coefficient (Wildman–Crippen LogP) is 4.06. The average Bonchev–Trinajstić information content (AvgIpc) is 2.75. The van der Waals surface area contributed by atoms with Crippen molar-refractivity contribution < 1.29 is 23.7 Å². The number of benzene rings is 2. The molecule has 160 valence electrons. The van der Waals surface area contributed by atoms with Crippen molar-refractivity contribution in [2.75, 3.05) is 20.3 Å². The summed E-state index contributed by atoms with van der Waals surface area (Å²) < 4.78 is 22.5. The van der Waals surface area contributed by atoms with Crippen LogP contribution >= 0.6 is 12.2 Å². The molecular formula is C23H27NO5S. The van der Waals surface area contributed by atoms with Crippen molar-refractivity contribution in [1.82, 2.24) is 0 Å². The number of thiocarbonyl (C=S) groups is 1. The van der Waals surface area contributed by atoms with Gasteiger partial charge in [0.2, 0.25) is 0 Å². The summed E-state index contributed by atoms with van der Waals surface area (Å²) in [5.41, 5.74) is 7.90. The van der Waals surface area contributed by atoms with E-state index >= 15 is 0 Å². The minimum Gasteiger partial charge on any atom is -0.494 e. The highest BCUT2D eigenvalue weighted by Gasteiger charge is 2.26. The first-order valence-electron chi connectivity index (χ1n) is 10.0. The van der Waals surface area contributed by atoms with E-state index in [0.717, 1.165) is 36.1 Å². The van der Waals surface area contributed by atoms with Crippen LogP contribution in [0.4, 0.5) is 0 Å². The highest BCUT2D eigenvalue weighted by Crippen LogP contribution is 2.34. The number of ketones is 1. The Bertz CT molecular complexity index is 897. The van der Waals surface area contributed by atoms with Crippen molar-refractivity contribution in [3.63, 3.8) is 0 Å². The van der Waals surface area contributed by atoms with E-state index in [0.29, 0.717) is 41.9 Å². The van der Waals surface area contributed by atoms with Crippen LogP contribution in [0.1, 0.15) is 47.7 Å². The molecule has 1 aliphatic rings. The fourth-order valence-electron chi connectivity index (χ4n) is 3.20. The van der Waals surface area contributed by atoms with Crippen LogP contribution in [0.2, 0.25) is 0 Å². The zero-order valence-corrected chi connectivity index (χ0v) is 18.1. The summed E-state index contributed by atoms with van der Waals surface area (Å²) in [4.78, 5) is 12.7. The standard InChI is InChI=1S/C23H27NO5S/c1-15-22(25)19-13-21(20(26-2)12-17(19)14-29-15)28-11-5-3-4-10-27-18-8-6-16(7-9-18)23(24)30/h6-9,12-13,15H,3-5,10-11,14H2,1-2H3,(H2,24,30). The van der Waals surface area contributed by atoms with Crippen LogP contribution in [0, 0.1) is 0 Å². The molecule has 2 aromatic rings. The van der Waals surface area contributed by atoms with Gasteiger partial charge < -0.3 is 24.7 Å². The molecular weight excluding hydrogens is 402 g/mol. The van der Waals surface area contributed by atoms with Crippen LogP contribution < -0.4 is 19.9 Å². The first kappa shape index (κ1) is 22.1. The third-order valence-electron chi connectivity index (χ3n) is 4.97. The van der Waals surface area contributed by atoms with Gasteiger partial charge in [-0.25, -0.2) is 0 Å². The van der Waals surface area contributed by atoms with Crippen molar-refractivity contribution in [2.24, 2.45) is 5.73 Å². The van der Waals surface area contributed by atoms with Gasteiger partial charge in [-0.15, -0.1) is 0 Å². The Morgan fingerprint density at radius 1 is 1.10 bits per heavy atom. The van der Waals surface area contributed by atoms with E-state index in [1.54, 1.807) is 20.1 Å². The molecule has 1 atom stereocenters. The van der Waals surface area contributed by atoms with E-state index in [4.69, 9.17) is 36.9 Å². The minimum atomic E-state index is -0.429. The Hall–Kier alpha value is -2.64. The zero-order valence-electron chi connectivity index (χ0n) is 17.3. The summed E-state index contributed by atoms with van der Waals surface area (Å²) in [5, 5.41) is 0. The van der Waals surface area contributed by atoms with E-state index < -0.39 is 6.10 Å². The quantitative estimate of drug-likeness (QED) is 0.451. The van der Waals surface area contributed by atoms with Gasteiger partial charge in [-0.1, -0.05) is 12.2 Å². The van der Waals surface area contributed by atoms with Crippen molar-refractivity contribution >= 4 is 23.0 Å². The van der Waals surface area contributed by atoms with Crippen LogP contribution in [0.15, 0.2) is 36.4 Å². The molecule has 6 nitrogen and oxygen atoms in total. The number of ether oxygens (including phenoxy) is 4. The lowest BCUT2D eigenvalue weighted by atomic mass is 9.97. The Balaban J connectivity index is 1.42. The maximum atomic E-state index is 12.3. The fourth-order valence-corrected chi connectivity index (χ4v) is 3.34. The third-order valence-corrected chi connectivity index (χ3v) is 5.20. The average molecular weight is 430 g/mol. The molecule has 0 fully saturated rings. The Kier molecular flexibility index (Phi) is 7.65. The van der Waals surface area contributed by atoms with Crippen molar-refractivity contribution in [1.29, 1.82) is 0 Å². The number of Topliss-reactive ketones (excluding diaryl/α,β-unsaturated/α-hetero) is 1. The van der Waals surface area contributed by atoms with E-state index in [1.807, 2.05) is 30.3 Å². The number of nitrogens with two attached hydrogens (primary N) is 1. The Morgan fingerprint density at radius 3 is 2.47 bits per heavy atom. The molecule has 1 heterocycles. The highest BCUT2D eigenvalue weighted by atomic mass is 32.1. The van der Waals surface area contributed by atoms with E-state index in [1.165, 1.54) is 0 Å². The van der Waals surface area contributed by atoms with Gasteiger partial charge in [0.15, 0.2) is 17.3 Å². The highest BCUT2D eigenvalue weighted by molar-refractivity contribution is 7.80. The monoisotopic (exact) mass is 429 g/mol. The molecule has 0 aliphatic carbocycles. The van der Waals surface area contributed by atoms with Gasteiger partial charge in [0.05, 0.1) is 26.9 Å². The van der Waals surface area contributed by atoms with Gasteiger partial charge in [0, 0.05) is 11.1 Å². The molecule has 0 amide bonds. The summed E-state index contributed by atoms with van der Waals surface area (Å²) in [7, 11) is 1.59. The predicted molar refractivity (Wildman–Crippen MR) is 119 cm³/mol. The third kappa shape index (κ3) is 5.49. The lowest BCUT2D eigenvalue weighted by Crippen LogP contribution is -2.27. The number of hydrogen-bond acceptors (Lipinski definition) is 6. The zero-order chi connectivity index (χ0) is 21.5. The van der Waals surface area contributed by atoms with E-state index in [2.05, 4.69) is 0 Å². The number of methoxy groups -OCH3 is 1. The number of unbranched alkanes of at least 4 members (excludes halogenated alkanes) is 2. The van der Waals surface area contributed by atoms with Crippen molar-refractivity contribution in [2.45, 2.75) is 38.9 Å². The summed E-state index contributed by atoms with van der Waals surface area (Å²) in [6.45, 7) is 3.33. The molecule has 0 radical (unpaired) electrons. The molecule has 0 saturated carbocycles. The molecule has 3 rings (SSSR count). The van der Waals surface area contributed by atoms with Gasteiger partial charge in [0.1, 0.15) is 16.8 Å². The second-order valence-electron chi connectivity index (χ2n) is 7.12. The Labute approximate surface area is 182 Å². The lowest BCUT2D eigenvalue weighted by molar-refractivity contribution is 0.0335. The summed E-state index contributed by atoms with van der Waals surface area (Å²) in [6.07, 6.45) is 2.32. The molecule has 0 bridgehead atoms. The number of rotatable bonds is 10.